The van der Waals surface area contributed by atoms with Crippen LogP contribution in [-0.2, 0) is 34.3 Å². The van der Waals surface area contributed by atoms with Crippen LogP contribution in [-0.4, -0.2) is 30.1 Å². The number of hydrogen-bond acceptors (Lipinski definition) is 4. The van der Waals surface area contributed by atoms with E-state index in [1.807, 2.05) is 30.3 Å². The van der Waals surface area contributed by atoms with Gasteiger partial charge in [0.05, 0.1) is 19.2 Å². The monoisotopic (exact) mass is 373 g/mol. The van der Waals surface area contributed by atoms with Gasteiger partial charge in [-0.1, -0.05) is 42.5 Å². The Balaban J connectivity index is 1.84. The summed E-state index contributed by atoms with van der Waals surface area (Å²) < 4.78 is 31.5. The minimum Gasteiger partial charge on any atom is -0.481 e. The molecule has 7 heteroatoms. The standard InChI is InChI=1S/C19H19NO5S/c1-26(23,24)20(12-15-6-4-5-14(9-15)10-19(21)22)13-17-11-16-7-2-3-8-18(16)25-17/h2-9,11H,10,12-13H2,1H3,(H,21,22). The number of aliphatic carboxylic acids is 1. The van der Waals surface area contributed by atoms with Gasteiger partial charge in [0, 0.05) is 11.9 Å². The summed E-state index contributed by atoms with van der Waals surface area (Å²) in [4.78, 5) is 10.9. The topological polar surface area (TPSA) is 87.8 Å². The molecule has 2 aromatic carbocycles. The van der Waals surface area contributed by atoms with Crippen LogP contribution in [0.4, 0.5) is 0 Å². The molecule has 26 heavy (non-hydrogen) atoms. The molecule has 3 aromatic rings. The molecular formula is C19H19NO5S. The molecule has 0 bridgehead atoms. The predicted molar refractivity (Wildman–Crippen MR) is 98.1 cm³/mol. The number of rotatable bonds is 7. The second-order valence-corrected chi connectivity index (χ2v) is 8.15. The first kappa shape index (κ1) is 18.2. The van der Waals surface area contributed by atoms with Gasteiger partial charge in [0.15, 0.2) is 0 Å². The summed E-state index contributed by atoms with van der Waals surface area (Å²) in [6.45, 7) is 0.250. The van der Waals surface area contributed by atoms with Crippen molar-refractivity contribution in [2.24, 2.45) is 0 Å². The number of fused-ring (bicyclic) bond motifs is 1. The van der Waals surface area contributed by atoms with Crippen molar-refractivity contribution in [3.05, 3.63) is 71.5 Å². The van der Waals surface area contributed by atoms with Crippen molar-refractivity contribution in [3.8, 4) is 0 Å². The first-order chi connectivity index (χ1) is 12.3. The maximum atomic E-state index is 12.2. The highest BCUT2D eigenvalue weighted by Gasteiger charge is 2.20. The molecule has 3 rings (SSSR count). The third-order valence-electron chi connectivity index (χ3n) is 3.98. The van der Waals surface area contributed by atoms with Crippen molar-refractivity contribution in [1.82, 2.24) is 4.31 Å². The largest absolute Gasteiger partial charge is 0.481 e. The van der Waals surface area contributed by atoms with Crippen LogP contribution in [0.2, 0.25) is 0 Å². The number of benzene rings is 2. The molecule has 0 saturated heterocycles. The van der Waals surface area contributed by atoms with E-state index in [2.05, 4.69) is 0 Å². The van der Waals surface area contributed by atoms with Crippen molar-refractivity contribution >= 4 is 27.0 Å². The highest BCUT2D eigenvalue weighted by Crippen LogP contribution is 2.22. The number of carboxylic acids is 1. The summed E-state index contributed by atoms with van der Waals surface area (Å²) in [6, 6.07) is 16.3. The number of nitrogens with zero attached hydrogens (tertiary/aromatic N) is 1. The van der Waals surface area contributed by atoms with Gasteiger partial charge in [-0.15, -0.1) is 0 Å². The van der Waals surface area contributed by atoms with Crippen molar-refractivity contribution < 1.29 is 22.7 Å². The molecule has 0 spiro atoms. The molecule has 0 aliphatic carbocycles. The SMILES string of the molecule is CS(=O)(=O)N(Cc1cccc(CC(=O)O)c1)Cc1cc2ccccc2o1. The fraction of sp³-hybridized carbons (Fsp3) is 0.211. The lowest BCUT2D eigenvalue weighted by Gasteiger charge is -2.19. The highest BCUT2D eigenvalue weighted by atomic mass is 32.2. The van der Waals surface area contributed by atoms with Gasteiger partial charge >= 0.3 is 5.97 Å². The van der Waals surface area contributed by atoms with E-state index in [0.29, 0.717) is 16.9 Å². The van der Waals surface area contributed by atoms with Gasteiger partial charge in [0.2, 0.25) is 10.0 Å². The predicted octanol–water partition coefficient (Wildman–Crippen LogP) is 3.02. The average Bonchev–Trinajstić information content (AvgIpc) is 2.95. The van der Waals surface area contributed by atoms with Gasteiger partial charge in [0.25, 0.3) is 0 Å². The third-order valence-corrected chi connectivity index (χ3v) is 5.18. The zero-order chi connectivity index (χ0) is 18.7. The van der Waals surface area contributed by atoms with E-state index < -0.39 is 16.0 Å². The molecule has 1 N–H and O–H groups in total. The van der Waals surface area contributed by atoms with Gasteiger partial charge in [-0.2, -0.15) is 4.31 Å². The van der Waals surface area contributed by atoms with E-state index in [1.165, 1.54) is 4.31 Å². The maximum absolute atomic E-state index is 12.2. The van der Waals surface area contributed by atoms with E-state index >= 15 is 0 Å². The highest BCUT2D eigenvalue weighted by molar-refractivity contribution is 7.88. The molecule has 136 valence electrons. The molecule has 0 saturated carbocycles. The fourth-order valence-corrected chi connectivity index (χ4v) is 3.54. The third kappa shape index (κ3) is 4.50. The Kier molecular flexibility index (Phi) is 5.11. The van der Waals surface area contributed by atoms with Crippen molar-refractivity contribution in [2.45, 2.75) is 19.5 Å². The minimum atomic E-state index is -3.48. The van der Waals surface area contributed by atoms with Gasteiger partial charge in [-0.3, -0.25) is 4.79 Å². The molecule has 0 unspecified atom stereocenters. The Morgan fingerprint density at radius 1 is 1.04 bits per heavy atom. The molecule has 1 heterocycles. The average molecular weight is 373 g/mol. The molecular weight excluding hydrogens is 354 g/mol. The number of carbonyl (C=O) groups is 1. The summed E-state index contributed by atoms with van der Waals surface area (Å²) in [5, 5.41) is 9.83. The second-order valence-electron chi connectivity index (χ2n) is 6.17. The first-order valence-electron chi connectivity index (χ1n) is 8.03. The van der Waals surface area contributed by atoms with E-state index in [9.17, 15) is 13.2 Å². The Morgan fingerprint density at radius 2 is 1.77 bits per heavy atom. The lowest BCUT2D eigenvalue weighted by molar-refractivity contribution is -0.136. The molecule has 0 atom stereocenters. The lowest BCUT2D eigenvalue weighted by Crippen LogP contribution is -2.29. The second kappa shape index (κ2) is 7.31. The summed E-state index contributed by atoms with van der Waals surface area (Å²) >= 11 is 0. The molecule has 0 aliphatic heterocycles. The Hall–Kier alpha value is -2.64. The van der Waals surface area contributed by atoms with E-state index in [4.69, 9.17) is 9.52 Å². The van der Waals surface area contributed by atoms with Crippen LogP contribution in [0.15, 0.2) is 59.0 Å². The zero-order valence-electron chi connectivity index (χ0n) is 14.3. The quantitative estimate of drug-likeness (QED) is 0.688. The maximum Gasteiger partial charge on any atom is 0.307 e. The Morgan fingerprint density at radius 3 is 2.46 bits per heavy atom. The van der Waals surface area contributed by atoms with E-state index in [0.717, 1.165) is 17.2 Å². The zero-order valence-corrected chi connectivity index (χ0v) is 15.1. The van der Waals surface area contributed by atoms with Crippen LogP contribution in [0.25, 0.3) is 11.0 Å². The van der Waals surface area contributed by atoms with Crippen molar-refractivity contribution in [1.29, 1.82) is 0 Å². The first-order valence-corrected chi connectivity index (χ1v) is 9.88. The van der Waals surface area contributed by atoms with Crippen LogP contribution < -0.4 is 0 Å². The van der Waals surface area contributed by atoms with Gasteiger partial charge in [-0.25, -0.2) is 8.42 Å². The molecule has 0 aliphatic rings. The van der Waals surface area contributed by atoms with Crippen molar-refractivity contribution in [2.75, 3.05) is 6.26 Å². The summed E-state index contributed by atoms with van der Waals surface area (Å²) in [7, 11) is -3.48. The lowest BCUT2D eigenvalue weighted by atomic mass is 10.1. The Bertz CT molecular complexity index is 1010. The number of carboxylic acid groups (broad SMARTS) is 1. The van der Waals surface area contributed by atoms with Crippen LogP contribution >= 0.6 is 0 Å². The normalized spacial score (nSPS) is 11.9. The molecule has 6 nitrogen and oxygen atoms in total. The molecule has 1 aromatic heterocycles. The fourth-order valence-electron chi connectivity index (χ4n) is 2.80. The molecule has 0 amide bonds. The Labute approximate surface area is 151 Å². The number of para-hydroxylation sites is 1. The van der Waals surface area contributed by atoms with Crippen LogP contribution in [0.3, 0.4) is 0 Å². The number of hydrogen-bond donors (Lipinski definition) is 1. The molecule has 0 radical (unpaired) electrons. The summed E-state index contributed by atoms with van der Waals surface area (Å²) in [6.07, 6.45) is 1.05. The summed E-state index contributed by atoms with van der Waals surface area (Å²) in [5.41, 5.74) is 2.07. The van der Waals surface area contributed by atoms with Gasteiger partial charge in [-0.05, 0) is 23.3 Å². The van der Waals surface area contributed by atoms with E-state index in [-0.39, 0.29) is 19.5 Å². The van der Waals surface area contributed by atoms with E-state index in [1.54, 1.807) is 24.3 Å². The number of sulfonamides is 1. The van der Waals surface area contributed by atoms with Crippen molar-refractivity contribution in [3.63, 3.8) is 0 Å². The minimum absolute atomic E-state index is 0.101. The van der Waals surface area contributed by atoms with Crippen LogP contribution in [0, 0.1) is 0 Å². The number of furan rings is 1. The van der Waals surface area contributed by atoms with Gasteiger partial charge < -0.3 is 9.52 Å². The summed E-state index contributed by atoms with van der Waals surface area (Å²) in [5.74, 6) is -0.372. The van der Waals surface area contributed by atoms with Crippen LogP contribution in [0.1, 0.15) is 16.9 Å². The van der Waals surface area contributed by atoms with Gasteiger partial charge in [0.1, 0.15) is 11.3 Å². The van der Waals surface area contributed by atoms with Crippen LogP contribution in [0.5, 0.6) is 0 Å². The molecule has 0 fully saturated rings. The smallest absolute Gasteiger partial charge is 0.307 e.